The Balaban J connectivity index is 1.20. The van der Waals surface area contributed by atoms with Crippen molar-refractivity contribution in [1.82, 2.24) is 19.4 Å². The summed E-state index contributed by atoms with van der Waals surface area (Å²) in [5, 5.41) is 3.90. The van der Waals surface area contributed by atoms with Crippen LogP contribution in [0.25, 0.3) is 16.7 Å². The van der Waals surface area contributed by atoms with Crippen LogP contribution in [0, 0.1) is 0 Å². The summed E-state index contributed by atoms with van der Waals surface area (Å²) in [5.41, 5.74) is 1.81. The predicted octanol–water partition coefficient (Wildman–Crippen LogP) is 4.37. The quantitative estimate of drug-likeness (QED) is 0.253. The number of carbonyl (C=O) groups is 1. The highest BCUT2D eigenvalue weighted by molar-refractivity contribution is 7.94. The molecule has 4 aromatic rings. The molecule has 210 valence electrons. The molecule has 40 heavy (non-hydrogen) atoms. The third-order valence-corrected chi connectivity index (χ3v) is 10.3. The van der Waals surface area contributed by atoms with E-state index in [1.807, 2.05) is 12.1 Å². The number of carbonyl (C=O) groups excluding carboxylic acids is 1. The van der Waals surface area contributed by atoms with Crippen LogP contribution in [0.1, 0.15) is 31.2 Å². The second-order valence-electron chi connectivity index (χ2n) is 9.89. The predicted molar refractivity (Wildman–Crippen MR) is 159 cm³/mol. The molecule has 0 amide bonds. The van der Waals surface area contributed by atoms with E-state index in [2.05, 4.69) is 20.2 Å². The number of ketones is 1. The third-order valence-electron chi connectivity index (χ3n) is 6.85. The molecule has 3 aromatic heterocycles. The first-order valence-corrected chi connectivity index (χ1v) is 16.1. The number of anilines is 1. The molecule has 4 heterocycles. The van der Waals surface area contributed by atoms with Crippen molar-refractivity contribution in [1.29, 1.82) is 0 Å². The summed E-state index contributed by atoms with van der Waals surface area (Å²) in [4.78, 5) is 36.9. The van der Waals surface area contributed by atoms with Gasteiger partial charge in [0.2, 0.25) is 0 Å². The van der Waals surface area contributed by atoms with Crippen LogP contribution < -0.4 is 10.9 Å². The third kappa shape index (κ3) is 6.95. The average Bonchev–Trinajstić information content (AvgIpc) is 3.39. The lowest BCUT2D eigenvalue weighted by Crippen LogP contribution is -2.31. The number of halogens is 1. The number of Topliss-reactive ketones (excluding diaryl/α,β-unsaturated/α-hetero) is 1. The van der Waals surface area contributed by atoms with E-state index in [9.17, 15) is 18.0 Å². The Labute approximate surface area is 241 Å². The molecule has 1 saturated heterocycles. The van der Waals surface area contributed by atoms with Crippen molar-refractivity contribution in [3.05, 3.63) is 75.2 Å². The Morgan fingerprint density at radius 1 is 1.05 bits per heavy atom. The minimum Gasteiger partial charge on any atom is -0.385 e. The Bertz CT molecular complexity index is 1660. The fraction of sp³-hybridized carbons (Fsp3) is 0.357. The Morgan fingerprint density at radius 3 is 2.60 bits per heavy atom. The first-order valence-electron chi connectivity index (χ1n) is 13.2. The summed E-state index contributed by atoms with van der Waals surface area (Å²) < 4.78 is 26.6. The average molecular weight is 600 g/mol. The van der Waals surface area contributed by atoms with Crippen molar-refractivity contribution >= 4 is 55.1 Å². The maximum Gasteiger partial charge on any atom is 0.266 e. The minimum atomic E-state index is -3.75. The molecule has 0 aliphatic carbocycles. The first kappa shape index (κ1) is 28.4. The van der Waals surface area contributed by atoms with Crippen LogP contribution >= 0.6 is 22.9 Å². The van der Waals surface area contributed by atoms with Crippen LogP contribution in [0.3, 0.4) is 0 Å². The lowest BCUT2D eigenvalue weighted by atomic mass is 10.1. The highest BCUT2D eigenvalue weighted by Crippen LogP contribution is 2.26. The molecule has 0 radical (unpaired) electrons. The second-order valence-corrected chi connectivity index (χ2v) is 13.8. The van der Waals surface area contributed by atoms with Gasteiger partial charge in [0, 0.05) is 24.8 Å². The van der Waals surface area contributed by atoms with Crippen LogP contribution in [0.15, 0.2) is 64.0 Å². The van der Waals surface area contributed by atoms with Crippen LogP contribution in [-0.4, -0.2) is 65.6 Å². The van der Waals surface area contributed by atoms with E-state index in [0.717, 1.165) is 36.5 Å². The molecule has 0 saturated carbocycles. The fourth-order valence-corrected chi connectivity index (χ4v) is 7.61. The lowest BCUT2D eigenvalue weighted by Gasteiger charge is -2.26. The molecule has 9 nitrogen and oxygen atoms in total. The van der Waals surface area contributed by atoms with Crippen molar-refractivity contribution in [3.8, 4) is 5.82 Å². The molecule has 1 fully saturated rings. The number of likely N-dealkylation sites (tertiary alicyclic amines) is 1. The summed E-state index contributed by atoms with van der Waals surface area (Å²) in [6, 6.07) is 11.7. The summed E-state index contributed by atoms with van der Waals surface area (Å²) in [6.45, 7) is 4.33. The molecule has 0 atom stereocenters. The molecular weight excluding hydrogens is 570 g/mol. The van der Waals surface area contributed by atoms with Gasteiger partial charge in [-0.15, -0.1) is 11.3 Å². The molecular formula is C28H30ClN5O4S2. The standard InChI is InChI=1S/C28H30ClN5O4S2/c29-25-8-10-27(39-25)40(37,38)18-22(35)15-20-5-9-26(31-17-20)34-19-32-24-16-21(6-7-23(24)28(34)36)30-11-4-14-33-12-2-1-3-13-33/h5-10,16-17,19,30H,1-4,11-15,18H2. The van der Waals surface area contributed by atoms with Gasteiger partial charge in [-0.1, -0.05) is 24.1 Å². The Morgan fingerprint density at radius 2 is 1.88 bits per heavy atom. The Kier molecular flexibility index (Phi) is 8.94. The largest absolute Gasteiger partial charge is 0.385 e. The normalized spacial score (nSPS) is 14.4. The number of sulfone groups is 1. The van der Waals surface area contributed by atoms with Crippen molar-refractivity contribution in [2.45, 2.75) is 36.3 Å². The zero-order valence-electron chi connectivity index (χ0n) is 21.9. The van der Waals surface area contributed by atoms with E-state index in [-0.39, 0.29) is 16.2 Å². The molecule has 0 spiro atoms. The number of benzene rings is 1. The van der Waals surface area contributed by atoms with Gasteiger partial charge in [0.25, 0.3) is 5.56 Å². The van der Waals surface area contributed by atoms with E-state index in [1.165, 1.54) is 61.6 Å². The van der Waals surface area contributed by atoms with Crippen molar-refractivity contribution < 1.29 is 13.2 Å². The summed E-state index contributed by atoms with van der Waals surface area (Å²) in [5.74, 6) is -0.717. The van der Waals surface area contributed by atoms with Crippen LogP contribution in [0.4, 0.5) is 5.69 Å². The molecule has 1 aromatic carbocycles. The van der Waals surface area contributed by atoms with Gasteiger partial charge in [0.15, 0.2) is 15.6 Å². The molecule has 5 rings (SSSR count). The van der Waals surface area contributed by atoms with E-state index < -0.39 is 21.4 Å². The minimum absolute atomic E-state index is 0.0678. The molecule has 1 aliphatic heterocycles. The molecule has 1 N–H and O–H groups in total. The highest BCUT2D eigenvalue weighted by atomic mass is 35.5. The summed E-state index contributed by atoms with van der Waals surface area (Å²) in [6.07, 6.45) is 7.79. The zero-order valence-corrected chi connectivity index (χ0v) is 24.3. The Hall–Kier alpha value is -3.12. The van der Waals surface area contributed by atoms with E-state index in [4.69, 9.17) is 11.6 Å². The van der Waals surface area contributed by atoms with Gasteiger partial charge in [-0.3, -0.25) is 14.2 Å². The summed E-state index contributed by atoms with van der Waals surface area (Å²) >= 11 is 6.75. The number of pyridine rings is 1. The van der Waals surface area contributed by atoms with Crippen molar-refractivity contribution in [2.75, 3.05) is 37.2 Å². The summed E-state index contributed by atoms with van der Waals surface area (Å²) in [7, 11) is -3.75. The van der Waals surface area contributed by atoms with Crippen LogP contribution in [0.5, 0.6) is 0 Å². The van der Waals surface area contributed by atoms with E-state index in [1.54, 1.807) is 18.2 Å². The van der Waals surface area contributed by atoms with E-state index in [0.29, 0.717) is 26.6 Å². The molecule has 0 bridgehead atoms. The van der Waals surface area contributed by atoms with Gasteiger partial charge in [0.1, 0.15) is 22.1 Å². The monoisotopic (exact) mass is 599 g/mol. The van der Waals surface area contributed by atoms with Crippen LogP contribution in [-0.2, 0) is 21.1 Å². The lowest BCUT2D eigenvalue weighted by molar-refractivity contribution is -0.116. The second kappa shape index (κ2) is 12.6. The maximum absolute atomic E-state index is 13.2. The smallest absolute Gasteiger partial charge is 0.266 e. The number of nitrogens with one attached hydrogen (secondary N) is 1. The number of piperidine rings is 1. The number of fused-ring (bicyclic) bond motifs is 1. The van der Waals surface area contributed by atoms with Gasteiger partial charge >= 0.3 is 0 Å². The van der Waals surface area contributed by atoms with Crippen molar-refractivity contribution in [2.24, 2.45) is 0 Å². The zero-order chi connectivity index (χ0) is 28.1. The number of hydrogen-bond donors (Lipinski definition) is 1. The number of thiophene rings is 1. The molecule has 12 heteroatoms. The van der Waals surface area contributed by atoms with Gasteiger partial charge in [-0.25, -0.2) is 18.4 Å². The van der Waals surface area contributed by atoms with Gasteiger partial charge in [-0.05, 0) is 80.9 Å². The number of hydrogen-bond acceptors (Lipinski definition) is 9. The number of nitrogens with zero attached hydrogens (tertiary/aromatic N) is 4. The van der Waals surface area contributed by atoms with Gasteiger partial charge in [0.05, 0.1) is 15.2 Å². The van der Waals surface area contributed by atoms with Gasteiger partial charge < -0.3 is 10.2 Å². The van der Waals surface area contributed by atoms with Crippen LogP contribution in [0.2, 0.25) is 4.34 Å². The van der Waals surface area contributed by atoms with E-state index >= 15 is 0 Å². The fourth-order valence-electron chi connectivity index (χ4n) is 4.80. The topological polar surface area (TPSA) is 114 Å². The molecule has 0 unspecified atom stereocenters. The number of aromatic nitrogens is 3. The van der Waals surface area contributed by atoms with Gasteiger partial charge in [-0.2, -0.15) is 0 Å². The van der Waals surface area contributed by atoms with Crippen molar-refractivity contribution in [3.63, 3.8) is 0 Å². The number of rotatable bonds is 11. The SMILES string of the molecule is O=C(Cc1ccc(-n2cnc3cc(NCCCN4CCCCC4)ccc3c2=O)nc1)CS(=O)(=O)c1ccc(Cl)s1. The maximum atomic E-state index is 13.2. The molecule has 1 aliphatic rings. The highest BCUT2D eigenvalue weighted by Gasteiger charge is 2.21. The first-order chi connectivity index (χ1) is 19.3.